The summed E-state index contributed by atoms with van der Waals surface area (Å²) in [5.41, 5.74) is 2.14. The SMILES string of the molecule is Oc1c(Br)cc(CNCc2nc3ccccc3s2)cc1Br. The van der Waals surface area contributed by atoms with Crippen LogP contribution in [-0.4, -0.2) is 10.1 Å². The molecule has 0 spiro atoms. The van der Waals surface area contributed by atoms with Crippen LogP contribution < -0.4 is 5.32 Å². The van der Waals surface area contributed by atoms with Crippen LogP contribution in [0.2, 0.25) is 0 Å². The van der Waals surface area contributed by atoms with Gasteiger partial charge in [0.15, 0.2) is 0 Å². The highest BCUT2D eigenvalue weighted by atomic mass is 79.9. The number of hydrogen-bond acceptors (Lipinski definition) is 4. The Labute approximate surface area is 143 Å². The molecule has 6 heteroatoms. The van der Waals surface area contributed by atoms with Crippen LogP contribution in [0.4, 0.5) is 0 Å². The number of phenolic OH excluding ortho intramolecular Hbond substituents is 1. The zero-order chi connectivity index (χ0) is 14.8. The van der Waals surface area contributed by atoms with Gasteiger partial charge in [0.1, 0.15) is 10.8 Å². The van der Waals surface area contributed by atoms with Crippen molar-refractivity contribution in [1.82, 2.24) is 10.3 Å². The van der Waals surface area contributed by atoms with Crippen molar-refractivity contribution in [3.8, 4) is 5.75 Å². The Bertz CT molecular complexity index is 732. The van der Waals surface area contributed by atoms with E-state index in [4.69, 9.17) is 0 Å². The molecule has 0 radical (unpaired) electrons. The fourth-order valence-corrected chi connectivity index (χ4v) is 4.25. The van der Waals surface area contributed by atoms with Crippen molar-refractivity contribution >= 4 is 53.4 Å². The molecule has 0 aliphatic rings. The molecule has 21 heavy (non-hydrogen) atoms. The third kappa shape index (κ3) is 3.45. The second-order valence-corrected chi connectivity index (χ2v) is 7.41. The van der Waals surface area contributed by atoms with Gasteiger partial charge in [-0.3, -0.25) is 0 Å². The zero-order valence-electron chi connectivity index (χ0n) is 10.9. The van der Waals surface area contributed by atoms with Gasteiger partial charge in [-0.05, 0) is 61.7 Å². The summed E-state index contributed by atoms with van der Waals surface area (Å²) in [6.07, 6.45) is 0. The van der Waals surface area contributed by atoms with Crippen LogP contribution in [0, 0.1) is 0 Å². The lowest BCUT2D eigenvalue weighted by atomic mass is 10.2. The minimum absolute atomic E-state index is 0.227. The first-order valence-electron chi connectivity index (χ1n) is 6.35. The predicted octanol–water partition coefficient (Wildman–Crippen LogP) is 4.82. The lowest BCUT2D eigenvalue weighted by Gasteiger charge is -2.06. The summed E-state index contributed by atoms with van der Waals surface area (Å²) in [5, 5.41) is 14.1. The van der Waals surface area contributed by atoms with Gasteiger partial charge in [0.2, 0.25) is 0 Å². The number of aromatic hydroxyl groups is 1. The van der Waals surface area contributed by atoms with Crippen molar-refractivity contribution < 1.29 is 5.11 Å². The van der Waals surface area contributed by atoms with Crippen molar-refractivity contribution in [3.63, 3.8) is 0 Å². The van der Waals surface area contributed by atoms with Crippen molar-refractivity contribution in [3.05, 3.63) is 55.9 Å². The first kappa shape index (κ1) is 15.0. The zero-order valence-corrected chi connectivity index (χ0v) is 14.9. The minimum Gasteiger partial charge on any atom is -0.506 e. The highest BCUT2D eigenvalue weighted by Gasteiger charge is 2.06. The minimum atomic E-state index is 0.227. The number of hydrogen-bond donors (Lipinski definition) is 2. The van der Waals surface area contributed by atoms with E-state index in [-0.39, 0.29) is 5.75 Å². The number of phenols is 1. The molecule has 3 nitrogen and oxygen atoms in total. The van der Waals surface area contributed by atoms with Gasteiger partial charge in [0.05, 0.1) is 19.2 Å². The van der Waals surface area contributed by atoms with E-state index in [1.165, 1.54) is 4.70 Å². The summed E-state index contributed by atoms with van der Waals surface area (Å²) < 4.78 is 2.59. The Morgan fingerprint density at radius 3 is 2.52 bits per heavy atom. The summed E-state index contributed by atoms with van der Waals surface area (Å²) in [4.78, 5) is 4.59. The van der Waals surface area contributed by atoms with E-state index in [1.807, 2.05) is 30.3 Å². The van der Waals surface area contributed by atoms with Gasteiger partial charge in [-0.25, -0.2) is 4.98 Å². The molecule has 3 aromatic rings. The maximum absolute atomic E-state index is 9.69. The monoisotopic (exact) mass is 426 g/mol. The third-order valence-corrected chi connectivity index (χ3v) is 5.27. The van der Waals surface area contributed by atoms with E-state index in [2.05, 4.69) is 48.2 Å². The first-order chi connectivity index (χ1) is 10.1. The number of thiazole rings is 1. The molecule has 0 aliphatic heterocycles. The third-order valence-electron chi connectivity index (χ3n) is 3.02. The van der Waals surface area contributed by atoms with Crippen LogP contribution in [0.15, 0.2) is 45.3 Å². The van der Waals surface area contributed by atoms with Crippen molar-refractivity contribution in [2.24, 2.45) is 0 Å². The molecule has 0 saturated carbocycles. The van der Waals surface area contributed by atoms with E-state index in [0.717, 1.165) is 22.6 Å². The van der Waals surface area contributed by atoms with Gasteiger partial charge >= 0.3 is 0 Å². The Hall–Kier alpha value is -0.950. The lowest BCUT2D eigenvalue weighted by Crippen LogP contribution is -2.12. The Kier molecular flexibility index (Phi) is 4.59. The Balaban J connectivity index is 1.66. The molecule has 0 saturated heterocycles. The largest absolute Gasteiger partial charge is 0.506 e. The molecule has 1 aromatic heterocycles. The summed E-state index contributed by atoms with van der Waals surface area (Å²) in [5.74, 6) is 0.227. The van der Waals surface area contributed by atoms with Crippen molar-refractivity contribution in [2.75, 3.05) is 0 Å². The standard InChI is InChI=1S/C15H12Br2N2OS/c16-10-5-9(6-11(17)15(10)20)7-18-8-14-19-12-3-1-2-4-13(12)21-14/h1-6,18,20H,7-8H2. The normalized spacial score (nSPS) is 11.1. The van der Waals surface area contributed by atoms with Crippen LogP contribution in [0.1, 0.15) is 10.6 Å². The van der Waals surface area contributed by atoms with Gasteiger partial charge in [-0.2, -0.15) is 0 Å². The Morgan fingerprint density at radius 1 is 1.10 bits per heavy atom. The van der Waals surface area contributed by atoms with Gasteiger partial charge in [0.25, 0.3) is 0 Å². The summed E-state index contributed by atoms with van der Waals surface area (Å²) in [6.45, 7) is 1.45. The topological polar surface area (TPSA) is 45.1 Å². The average molecular weight is 428 g/mol. The van der Waals surface area contributed by atoms with E-state index in [1.54, 1.807) is 11.3 Å². The van der Waals surface area contributed by atoms with Crippen LogP contribution >= 0.6 is 43.2 Å². The lowest BCUT2D eigenvalue weighted by molar-refractivity contribution is 0.468. The highest BCUT2D eigenvalue weighted by molar-refractivity contribution is 9.11. The van der Waals surface area contributed by atoms with E-state index >= 15 is 0 Å². The number of benzene rings is 2. The fourth-order valence-electron chi connectivity index (χ4n) is 2.03. The number of nitrogens with zero attached hydrogens (tertiary/aromatic N) is 1. The highest BCUT2D eigenvalue weighted by Crippen LogP contribution is 2.33. The molecular formula is C15H12Br2N2OS. The molecule has 0 amide bonds. The molecule has 3 rings (SSSR count). The van der Waals surface area contributed by atoms with Gasteiger partial charge < -0.3 is 10.4 Å². The summed E-state index contributed by atoms with van der Waals surface area (Å²) in [7, 11) is 0. The number of halogens is 2. The summed E-state index contributed by atoms with van der Waals surface area (Å²) in [6, 6.07) is 12.0. The molecule has 0 atom stereocenters. The van der Waals surface area contributed by atoms with Crippen LogP contribution in [0.5, 0.6) is 5.75 Å². The van der Waals surface area contributed by atoms with Gasteiger partial charge in [-0.15, -0.1) is 11.3 Å². The second-order valence-electron chi connectivity index (χ2n) is 4.59. The van der Waals surface area contributed by atoms with Crippen molar-refractivity contribution in [2.45, 2.75) is 13.1 Å². The van der Waals surface area contributed by atoms with E-state index in [9.17, 15) is 5.11 Å². The molecule has 2 aromatic carbocycles. The maximum atomic E-state index is 9.69. The molecule has 1 heterocycles. The van der Waals surface area contributed by atoms with Gasteiger partial charge in [0, 0.05) is 13.1 Å². The molecule has 0 bridgehead atoms. The molecule has 0 aliphatic carbocycles. The number of nitrogens with one attached hydrogen (secondary N) is 1. The molecule has 0 fully saturated rings. The van der Waals surface area contributed by atoms with Crippen LogP contribution in [0.3, 0.4) is 0 Å². The number of rotatable bonds is 4. The first-order valence-corrected chi connectivity index (χ1v) is 8.76. The molecule has 0 unspecified atom stereocenters. The van der Waals surface area contributed by atoms with Crippen LogP contribution in [-0.2, 0) is 13.1 Å². The number of para-hydroxylation sites is 1. The number of aromatic nitrogens is 1. The van der Waals surface area contributed by atoms with Crippen LogP contribution in [0.25, 0.3) is 10.2 Å². The smallest absolute Gasteiger partial charge is 0.143 e. The summed E-state index contributed by atoms with van der Waals surface area (Å²) >= 11 is 8.39. The van der Waals surface area contributed by atoms with E-state index in [0.29, 0.717) is 15.5 Å². The quantitative estimate of drug-likeness (QED) is 0.627. The van der Waals surface area contributed by atoms with Crippen molar-refractivity contribution in [1.29, 1.82) is 0 Å². The second kappa shape index (κ2) is 6.44. The molecule has 108 valence electrons. The molecule has 2 N–H and O–H groups in total. The van der Waals surface area contributed by atoms with Gasteiger partial charge in [-0.1, -0.05) is 12.1 Å². The number of fused-ring (bicyclic) bond motifs is 1. The fraction of sp³-hybridized carbons (Fsp3) is 0.133. The van der Waals surface area contributed by atoms with E-state index < -0.39 is 0 Å². The predicted molar refractivity (Wildman–Crippen MR) is 93.7 cm³/mol. The maximum Gasteiger partial charge on any atom is 0.143 e. The molecular weight excluding hydrogens is 416 g/mol. The average Bonchev–Trinajstić information content (AvgIpc) is 2.87. The Morgan fingerprint density at radius 2 is 1.81 bits per heavy atom.